The van der Waals surface area contributed by atoms with E-state index in [1.165, 1.54) is 12.5 Å². The van der Waals surface area contributed by atoms with E-state index in [0.29, 0.717) is 11.3 Å². The standard InChI is InChI=1S/C14H14N6/c1-8-4-11-13(19-8)17-7-18-14(11)20-10-2-3-12(16)9(5-10)6-15/h2-7,15H,16H2,1H3,(H2,17,18,19,20). The summed E-state index contributed by atoms with van der Waals surface area (Å²) in [7, 11) is 0. The van der Waals surface area contributed by atoms with Gasteiger partial charge in [0.15, 0.2) is 0 Å². The quantitative estimate of drug-likeness (QED) is 0.432. The minimum absolute atomic E-state index is 0.580. The van der Waals surface area contributed by atoms with Crippen molar-refractivity contribution in [2.75, 3.05) is 11.1 Å². The number of hydrogen-bond donors (Lipinski definition) is 4. The highest BCUT2D eigenvalue weighted by Gasteiger charge is 2.07. The van der Waals surface area contributed by atoms with Crippen LogP contribution in [-0.4, -0.2) is 21.2 Å². The number of hydrogen-bond acceptors (Lipinski definition) is 5. The fourth-order valence-electron chi connectivity index (χ4n) is 2.09. The number of aromatic nitrogens is 3. The third kappa shape index (κ3) is 2.07. The van der Waals surface area contributed by atoms with Gasteiger partial charge in [0.05, 0.1) is 5.39 Å². The smallest absolute Gasteiger partial charge is 0.143 e. The number of nitrogens with one attached hydrogen (secondary N) is 3. The van der Waals surface area contributed by atoms with E-state index < -0.39 is 0 Å². The molecule has 0 unspecified atom stereocenters. The Morgan fingerprint density at radius 2 is 2.15 bits per heavy atom. The Hall–Kier alpha value is -2.89. The number of nitrogens with two attached hydrogens (primary N) is 1. The van der Waals surface area contributed by atoms with Gasteiger partial charge in [0, 0.05) is 28.8 Å². The molecule has 2 aromatic heterocycles. The third-order valence-corrected chi connectivity index (χ3v) is 3.07. The maximum atomic E-state index is 7.33. The molecule has 0 bridgehead atoms. The van der Waals surface area contributed by atoms with E-state index >= 15 is 0 Å². The summed E-state index contributed by atoms with van der Waals surface area (Å²) in [4.78, 5) is 11.6. The van der Waals surface area contributed by atoms with E-state index in [1.54, 1.807) is 6.07 Å². The molecule has 0 amide bonds. The summed E-state index contributed by atoms with van der Waals surface area (Å²) in [6.07, 6.45) is 2.74. The van der Waals surface area contributed by atoms with Crippen LogP contribution in [0.4, 0.5) is 17.2 Å². The van der Waals surface area contributed by atoms with Gasteiger partial charge in [-0.15, -0.1) is 0 Å². The zero-order valence-electron chi connectivity index (χ0n) is 10.9. The molecule has 0 radical (unpaired) electrons. The number of benzene rings is 1. The molecule has 1 aromatic carbocycles. The Morgan fingerprint density at radius 3 is 2.95 bits per heavy atom. The van der Waals surface area contributed by atoms with Crippen molar-refractivity contribution in [2.24, 2.45) is 0 Å². The maximum Gasteiger partial charge on any atom is 0.143 e. The molecule has 6 heteroatoms. The molecule has 0 aliphatic heterocycles. The van der Waals surface area contributed by atoms with Gasteiger partial charge >= 0.3 is 0 Å². The molecule has 5 N–H and O–H groups in total. The van der Waals surface area contributed by atoms with Gasteiger partial charge in [-0.2, -0.15) is 0 Å². The van der Waals surface area contributed by atoms with Crippen molar-refractivity contribution >= 4 is 34.4 Å². The van der Waals surface area contributed by atoms with Gasteiger partial charge in [0.25, 0.3) is 0 Å². The molecule has 100 valence electrons. The normalized spacial score (nSPS) is 10.7. The summed E-state index contributed by atoms with van der Waals surface area (Å²) < 4.78 is 0. The largest absolute Gasteiger partial charge is 0.398 e. The molecule has 0 aliphatic carbocycles. The second-order valence-corrected chi connectivity index (χ2v) is 4.55. The van der Waals surface area contributed by atoms with Gasteiger partial charge in [-0.3, -0.25) is 0 Å². The lowest BCUT2D eigenvalue weighted by Crippen LogP contribution is -1.98. The Kier molecular flexibility index (Phi) is 2.83. The van der Waals surface area contributed by atoms with E-state index in [-0.39, 0.29) is 0 Å². The SMILES string of the molecule is Cc1cc2c(Nc3ccc(N)c(C=N)c3)ncnc2[nH]1. The molecule has 0 saturated carbocycles. The number of aromatic amines is 1. The first-order chi connectivity index (χ1) is 9.67. The number of fused-ring (bicyclic) bond motifs is 1. The van der Waals surface area contributed by atoms with E-state index in [9.17, 15) is 0 Å². The molecule has 0 aliphatic rings. The number of anilines is 3. The van der Waals surface area contributed by atoms with Crippen LogP contribution < -0.4 is 11.1 Å². The highest BCUT2D eigenvalue weighted by molar-refractivity contribution is 5.91. The average molecular weight is 266 g/mol. The summed E-state index contributed by atoms with van der Waals surface area (Å²) >= 11 is 0. The zero-order chi connectivity index (χ0) is 14.1. The number of rotatable bonds is 3. The highest BCUT2D eigenvalue weighted by Crippen LogP contribution is 2.25. The fraction of sp³-hybridized carbons (Fsp3) is 0.0714. The first-order valence-electron chi connectivity index (χ1n) is 6.15. The predicted molar refractivity (Wildman–Crippen MR) is 80.6 cm³/mol. The molecule has 20 heavy (non-hydrogen) atoms. The second kappa shape index (κ2) is 4.65. The van der Waals surface area contributed by atoms with Crippen molar-refractivity contribution in [1.82, 2.24) is 15.0 Å². The fourth-order valence-corrected chi connectivity index (χ4v) is 2.09. The number of H-pyrrole nitrogens is 1. The number of nitrogen functional groups attached to an aromatic ring is 1. The van der Waals surface area contributed by atoms with Crippen LogP contribution in [0.2, 0.25) is 0 Å². The van der Waals surface area contributed by atoms with Crippen molar-refractivity contribution < 1.29 is 0 Å². The average Bonchev–Trinajstić information content (AvgIpc) is 2.82. The Balaban J connectivity index is 2.02. The van der Waals surface area contributed by atoms with Crippen LogP contribution in [0.3, 0.4) is 0 Å². The molecule has 3 rings (SSSR count). The van der Waals surface area contributed by atoms with Crippen molar-refractivity contribution in [2.45, 2.75) is 6.92 Å². The molecule has 6 nitrogen and oxygen atoms in total. The highest BCUT2D eigenvalue weighted by atomic mass is 15.0. The van der Waals surface area contributed by atoms with E-state index in [2.05, 4.69) is 20.3 Å². The van der Waals surface area contributed by atoms with Crippen LogP contribution >= 0.6 is 0 Å². The summed E-state index contributed by atoms with van der Waals surface area (Å²) in [5, 5.41) is 11.5. The summed E-state index contributed by atoms with van der Waals surface area (Å²) in [5.74, 6) is 0.722. The van der Waals surface area contributed by atoms with Crippen LogP contribution in [0, 0.1) is 12.3 Å². The van der Waals surface area contributed by atoms with Gasteiger partial charge in [0.2, 0.25) is 0 Å². The van der Waals surface area contributed by atoms with E-state index in [4.69, 9.17) is 11.1 Å². The lowest BCUT2D eigenvalue weighted by Gasteiger charge is -2.08. The lowest BCUT2D eigenvalue weighted by molar-refractivity contribution is 1.18. The minimum Gasteiger partial charge on any atom is -0.398 e. The molecule has 3 aromatic rings. The number of aryl methyl sites for hydroxylation is 1. The van der Waals surface area contributed by atoms with Crippen molar-refractivity contribution in [3.8, 4) is 0 Å². The Labute approximate surface area is 115 Å². The molecule has 0 fully saturated rings. The molecule has 0 spiro atoms. The van der Waals surface area contributed by atoms with Gasteiger partial charge < -0.3 is 21.4 Å². The second-order valence-electron chi connectivity index (χ2n) is 4.55. The molecular weight excluding hydrogens is 252 g/mol. The predicted octanol–water partition coefficient (Wildman–Crippen LogP) is 2.59. The molecular formula is C14H14N6. The van der Waals surface area contributed by atoms with Gasteiger partial charge in [-0.05, 0) is 31.2 Å². The van der Waals surface area contributed by atoms with Gasteiger partial charge in [-0.25, -0.2) is 9.97 Å². The van der Waals surface area contributed by atoms with Crippen LogP contribution in [0.15, 0.2) is 30.6 Å². The van der Waals surface area contributed by atoms with Crippen LogP contribution in [0.5, 0.6) is 0 Å². The van der Waals surface area contributed by atoms with E-state index in [0.717, 1.165) is 28.2 Å². The summed E-state index contributed by atoms with van der Waals surface area (Å²) in [6, 6.07) is 7.43. The summed E-state index contributed by atoms with van der Waals surface area (Å²) in [6.45, 7) is 1.97. The van der Waals surface area contributed by atoms with E-state index in [1.807, 2.05) is 25.1 Å². The lowest BCUT2D eigenvalue weighted by atomic mass is 10.1. The first-order valence-corrected chi connectivity index (χ1v) is 6.15. The van der Waals surface area contributed by atoms with Crippen molar-refractivity contribution in [1.29, 1.82) is 5.41 Å². The minimum atomic E-state index is 0.580. The zero-order valence-corrected chi connectivity index (χ0v) is 10.9. The van der Waals surface area contributed by atoms with Crippen LogP contribution in [0.25, 0.3) is 11.0 Å². The maximum absolute atomic E-state index is 7.33. The van der Waals surface area contributed by atoms with Crippen LogP contribution in [-0.2, 0) is 0 Å². The van der Waals surface area contributed by atoms with Gasteiger partial charge in [0.1, 0.15) is 17.8 Å². The molecule has 0 saturated heterocycles. The topological polar surface area (TPSA) is 103 Å². The first kappa shape index (κ1) is 12.2. The third-order valence-electron chi connectivity index (χ3n) is 3.07. The molecule has 0 atom stereocenters. The monoisotopic (exact) mass is 266 g/mol. The van der Waals surface area contributed by atoms with Crippen LogP contribution in [0.1, 0.15) is 11.3 Å². The van der Waals surface area contributed by atoms with Crippen molar-refractivity contribution in [3.05, 3.63) is 41.9 Å². The summed E-state index contributed by atoms with van der Waals surface area (Å²) in [5.41, 5.74) is 9.68. The van der Waals surface area contributed by atoms with Gasteiger partial charge in [-0.1, -0.05) is 0 Å². The Morgan fingerprint density at radius 1 is 1.30 bits per heavy atom. The molecule has 2 heterocycles. The van der Waals surface area contributed by atoms with Crippen molar-refractivity contribution in [3.63, 3.8) is 0 Å². The number of nitrogens with zero attached hydrogens (tertiary/aromatic N) is 2. The Bertz CT molecular complexity index is 789.